The monoisotopic (exact) mass is 241 g/mol. The Morgan fingerprint density at radius 1 is 0.786 bits per heavy atom. The fraction of sp³-hybridized carbons (Fsp3) is 0.727. The molecular formula is C11H19NiO2-. The molecule has 0 aromatic rings. The predicted molar refractivity (Wildman–Crippen MR) is 53.2 cm³/mol. The molecule has 0 fully saturated rings. The molecule has 0 radical (unpaired) electrons. The molecule has 0 heterocycles. The molecule has 2 nitrogen and oxygen atoms in total. The van der Waals surface area contributed by atoms with Crippen LogP contribution in [0.25, 0.3) is 0 Å². The van der Waals surface area contributed by atoms with Crippen LogP contribution in [0.3, 0.4) is 0 Å². The van der Waals surface area contributed by atoms with Crippen LogP contribution < -0.4 is 0 Å². The van der Waals surface area contributed by atoms with E-state index < -0.39 is 10.8 Å². The van der Waals surface area contributed by atoms with Crippen molar-refractivity contribution in [1.29, 1.82) is 0 Å². The molecule has 0 saturated heterocycles. The molecule has 3 heteroatoms. The van der Waals surface area contributed by atoms with Gasteiger partial charge in [-0.25, -0.2) is 0 Å². The quantitative estimate of drug-likeness (QED) is 0.423. The number of hydrogen-bond donors (Lipinski definition) is 0. The van der Waals surface area contributed by atoms with Gasteiger partial charge < -0.3 is 9.59 Å². The van der Waals surface area contributed by atoms with Crippen molar-refractivity contribution in [2.45, 2.75) is 41.5 Å². The Labute approximate surface area is 96.8 Å². The summed E-state index contributed by atoms with van der Waals surface area (Å²) in [6.45, 7) is 10.8. The summed E-state index contributed by atoms with van der Waals surface area (Å²) in [7, 11) is 0. The van der Waals surface area contributed by atoms with E-state index in [1.165, 1.54) is 6.42 Å². The SMILES string of the molecule is CC(C)(C)C(=O)[CH-]C(=O)C(C)(C)C.[Ni]. The van der Waals surface area contributed by atoms with Crippen LogP contribution in [0.2, 0.25) is 0 Å². The number of Topliss-reactive ketones (excluding diaryl/α,β-unsaturated/α-hetero) is 2. The summed E-state index contributed by atoms with van der Waals surface area (Å²) in [5, 5.41) is 0. The molecule has 0 aromatic carbocycles. The maximum Gasteiger partial charge on any atom is 0.0107 e. The van der Waals surface area contributed by atoms with Gasteiger partial charge in [0.25, 0.3) is 0 Å². The first kappa shape index (κ1) is 16.1. The van der Waals surface area contributed by atoms with Gasteiger partial charge in [-0.1, -0.05) is 41.5 Å². The van der Waals surface area contributed by atoms with Crippen LogP contribution in [0.4, 0.5) is 0 Å². The first-order valence-corrected chi connectivity index (χ1v) is 4.49. The smallest absolute Gasteiger partial charge is 0.0107 e. The van der Waals surface area contributed by atoms with Crippen molar-refractivity contribution in [1.82, 2.24) is 0 Å². The molecule has 14 heavy (non-hydrogen) atoms. The van der Waals surface area contributed by atoms with Crippen LogP contribution in [-0.4, -0.2) is 11.6 Å². The minimum absolute atomic E-state index is 0. The van der Waals surface area contributed by atoms with Crippen LogP contribution in [0, 0.1) is 17.3 Å². The van der Waals surface area contributed by atoms with Crippen molar-refractivity contribution in [3.8, 4) is 0 Å². The Hall–Kier alpha value is -0.296. The second kappa shape index (κ2) is 4.97. The van der Waals surface area contributed by atoms with E-state index >= 15 is 0 Å². The molecule has 0 unspecified atom stereocenters. The van der Waals surface area contributed by atoms with E-state index in [0.717, 1.165) is 0 Å². The molecule has 0 N–H and O–H groups in total. The molecule has 0 atom stereocenters. The molecule has 0 rings (SSSR count). The summed E-state index contributed by atoms with van der Waals surface area (Å²) < 4.78 is 0. The Morgan fingerprint density at radius 2 is 1.00 bits per heavy atom. The van der Waals surface area contributed by atoms with E-state index in [2.05, 4.69) is 0 Å². The van der Waals surface area contributed by atoms with Crippen LogP contribution in [0.1, 0.15) is 41.5 Å². The molecule has 0 saturated carbocycles. The zero-order chi connectivity index (χ0) is 10.9. The van der Waals surface area contributed by atoms with Gasteiger partial charge in [0.2, 0.25) is 0 Å². The zero-order valence-electron chi connectivity index (χ0n) is 9.71. The van der Waals surface area contributed by atoms with E-state index in [9.17, 15) is 9.59 Å². The van der Waals surface area contributed by atoms with Gasteiger partial charge in [0, 0.05) is 28.1 Å². The van der Waals surface area contributed by atoms with Gasteiger partial charge in [-0.2, -0.15) is 0 Å². The third-order valence-electron chi connectivity index (χ3n) is 1.74. The maximum absolute atomic E-state index is 11.4. The summed E-state index contributed by atoms with van der Waals surface area (Å²) in [4.78, 5) is 22.9. The predicted octanol–water partition coefficient (Wildman–Crippen LogP) is 2.42. The van der Waals surface area contributed by atoms with Gasteiger partial charge in [0.1, 0.15) is 0 Å². The van der Waals surface area contributed by atoms with Crippen molar-refractivity contribution in [3.63, 3.8) is 0 Å². The van der Waals surface area contributed by atoms with Crippen LogP contribution in [-0.2, 0) is 26.1 Å². The standard InChI is InChI=1S/C11H19O2.Ni/c1-10(2,3)8(12)7-9(13)11(4,5)6;/h7H,1-6H3;/q-1;. The summed E-state index contributed by atoms with van der Waals surface area (Å²) in [6, 6.07) is 0. The maximum atomic E-state index is 11.4. The van der Waals surface area contributed by atoms with Crippen molar-refractivity contribution in [2.75, 3.05) is 0 Å². The molecule has 0 amide bonds. The van der Waals surface area contributed by atoms with E-state index in [0.29, 0.717) is 0 Å². The number of rotatable bonds is 2. The molecule has 0 aliphatic heterocycles. The molecule has 0 bridgehead atoms. The van der Waals surface area contributed by atoms with Crippen LogP contribution in [0.5, 0.6) is 0 Å². The minimum atomic E-state index is -0.457. The first-order chi connectivity index (χ1) is 5.55. The largest absolute Gasteiger partial charge is 0.333 e. The van der Waals surface area contributed by atoms with Gasteiger partial charge in [-0.15, -0.1) is 0 Å². The second-order valence-corrected chi connectivity index (χ2v) is 5.37. The molecule has 86 valence electrons. The Morgan fingerprint density at radius 3 is 1.14 bits per heavy atom. The first-order valence-electron chi connectivity index (χ1n) is 4.49. The molecule has 0 aromatic heterocycles. The van der Waals surface area contributed by atoms with E-state index in [-0.39, 0.29) is 28.1 Å². The van der Waals surface area contributed by atoms with E-state index in [1.54, 1.807) is 0 Å². The van der Waals surface area contributed by atoms with Gasteiger partial charge in [0.15, 0.2) is 0 Å². The third kappa shape index (κ3) is 5.44. The van der Waals surface area contributed by atoms with Crippen LogP contribution >= 0.6 is 0 Å². The summed E-state index contributed by atoms with van der Waals surface area (Å²) in [5.41, 5.74) is -0.915. The fourth-order valence-electron chi connectivity index (χ4n) is 0.552. The molecule has 0 spiro atoms. The third-order valence-corrected chi connectivity index (χ3v) is 1.74. The van der Waals surface area contributed by atoms with E-state index in [1.807, 2.05) is 41.5 Å². The molecule has 0 aliphatic carbocycles. The summed E-state index contributed by atoms with van der Waals surface area (Å²) in [5.74, 6) is -0.208. The Balaban J connectivity index is 0. The van der Waals surface area contributed by atoms with Crippen molar-refractivity contribution < 1.29 is 26.1 Å². The summed E-state index contributed by atoms with van der Waals surface area (Å²) >= 11 is 0. The molecular weight excluding hydrogens is 223 g/mol. The van der Waals surface area contributed by atoms with E-state index in [4.69, 9.17) is 0 Å². The number of carbonyl (C=O) groups excluding carboxylic acids is 2. The molecule has 0 aliphatic rings. The Kier molecular flexibility index (Phi) is 5.74. The number of hydrogen-bond acceptors (Lipinski definition) is 2. The van der Waals surface area contributed by atoms with Crippen molar-refractivity contribution in [2.24, 2.45) is 10.8 Å². The van der Waals surface area contributed by atoms with Gasteiger partial charge in [0.05, 0.1) is 0 Å². The normalized spacial score (nSPS) is 11.6. The number of ketones is 2. The van der Waals surface area contributed by atoms with Crippen molar-refractivity contribution >= 4 is 11.6 Å². The van der Waals surface area contributed by atoms with Gasteiger partial charge >= 0.3 is 0 Å². The minimum Gasteiger partial charge on any atom is -0.333 e. The average molecular weight is 242 g/mol. The zero-order valence-corrected chi connectivity index (χ0v) is 10.7. The fourth-order valence-corrected chi connectivity index (χ4v) is 0.552. The van der Waals surface area contributed by atoms with Crippen LogP contribution in [0.15, 0.2) is 0 Å². The number of carbonyl (C=O) groups is 2. The Bertz CT molecular complexity index is 194. The van der Waals surface area contributed by atoms with Gasteiger partial charge in [-0.3, -0.25) is 6.42 Å². The summed E-state index contributed by atoms with van der Waals surface area (Å²) in [6.07, 6.45) is 1.22. The van der Waals surface area contributed by atoms with Gasteiger partial charge in [-0.05, 0) is 10.8 Å². The van der Waals surface area contributed by atoms with Crippen molar-refractivity contribution in [3.05, 3.63) is 6.42 Å². The second-order valence-electron chi connectivity index (χ2n) is 5.37. The average Bonchev–Trinajstić information content (AvgIpc) is 1.82. The topological polar surface area (TPSA) is 34.1 Å².